The van der Waals surface area contributed by atoms with E-state index in [0.717, 1.165) is 16.8 Å². The van der Waals surface area contributed by atoms with Crippen LogP contribution in [-0.4, -0.2) is 33.6 Å². The maximum absolute atomic E-state index is 12.8. The van der Waals surface area contributed by atoms with E-state index in [1.54, 1.807) is 49.1 Å². The van der Waals surface area contributed by atoms with E-state index < -0.39 is 0 Å². The Kier molecular flexibility index (Phi) is 4.22. The summed E-state index contributed by atoms with van der Waals surface area (Å²) < 4.78 is 1.67. The highest BCUT2D eigenvalue weighted by molar-refractivity contribution is 6.12. The molecule has 2 heterocycles. The van der Waals surface area contributed by atoms with Crippen LogP contribution in [0.5, 0.6) is 0 Å². The lowest BCUT2D eigenvalue weighted by Crippen LogP contribution is -2.18. The molecule has 1 aromatic carbocycles. The van der Waals surface area contributed by atoms with Gasteiger partial charge in [-0.15, -0.1) is 0 Å². The molecular formula is C18H19N5O2. The second kappa shape index (κ2) is 6.35. The highest BCUT2D eigenvalue weighted by Crippen LogP contribution is 2.22. The second-order valence-electron chi connectivity index (χ2n) is 5.83. The van der Waals surface area contributed by atoms with E-state index in [1.807, 2.05) is 13.8 Å². The molecule has 3 rings (SSSR count). The number of anilines is 1. The number of amides is 2. The van der Waals surface area contributed by atoms with E-state index >= 15 is 0 Å². The van der Waals surface area contributed by atoms with Crippen LogP contribution >= 0.6 is 0 Å². The number of hydrogen-bond donors (Lipinski definition) is 2. The van der Waals surface area contributed by atoms with Crippen LogP contribution < -0.4 is 10.6 Å². The van der Waals surface area contributed by atoms with Crippen LogP contribution in [0.4, 0.5) is 5.69 Å². The first-order chi connectivity index (χ1) is 11.9. The van der Waals surface area contributed by atoms with Crippen molar-refractivity contribution < 1.29 is 9.59 Å². The molecule has 7 nitrogen and oxygen atoms in total. The van der Waals surface area contributed by atoms with E-state index in [0.29, 0.717) is 22.5 Å². The lowest BCUT2D eigenvalue weighted by molar-refractivity contribution is 0.0962. The number of benzene rings is 1. The third-order valence-corrected chi connectivity index (χ3v) is 3.97. The number of aromatic nitrogens is 3. The minimum atomic E-state index is -0.237. The Bertz CT molecular complexity index is 973. The van der Waals surface area contributed by atoms with Crippen molar-refractivity contribution in [1.82, 2.24) is 20.1 Å². The standard InChI is InChI=1S/C18H19N5O2/c1-10-9-14(15-11(2)22-23(4)16(15)20-10)18(25)21-13-7-5-12(6-8-13)17(24)19-3/h5-9H,1-4H3,(H,19,24)(H,21,25). The summed E-state index contributed by atoms with van der Waals surface area (Å²) in [6.45, 7) is 3.70. The Morgan fingerprint density at radius 3 is 2.40 bits per heavy atom. The number of hydrogen-bond acceptors (Lipinski definition) is 4. The van der Waals surface area contributed by atoms with Crippen LogP contribution in [0.25, 0.3) is 11.0 Å². The summed E-state index contributed by atoms with van der Waals surface area (Å²) in [7, 11) is 3.38. The first-order valence-corrected chi connectivity index (χ1v) is 7.85. The average molecular weight is 337 g/mol. The number of carbonyl (C=O) groups excluding carboxylic acids is 2. The van der Waals surface area contributed by atoms with Gasteiger partial charge in [-0.25, -0.2) is 4.98 Å². The molecule has 0 aliphatic carbocycles. The molecule has 0 bridgehead atoms. The molecule has 2 N–H and O–H groups in total. The molecular weight excluding hydrogens is 318 g/mol. The molecule has 128 valence electrons. The lowest BCUT2D eigenvalue weighted by Gasteiger charge is -2.08. The van der Waals surface area contributed by atoms with Gasteiger partial charge in [0.2, 0.25) is 0 Å². The zero-order chi connectivity index (χ0) is 18.1. The summed E-state index contributed by atoms with van der Waals surface area (Å²) >= 11 is 0. The van der Waals surface area contributed by atoms with Crippen LogP contribution in [0.3, 0.4) is 0 Å². The van der Waals surface area contributed by atoms with Crippen LogP contribution in [0.15, 0.2) is 30.3 Å². The summed E-state index contributed by atoms with van der Waals surface area (Å²) in [6, 6.07) is 8.48. The molecule has 25 heavy (non-hydrogen) atoms. The minimum absolute atomic E-state index is 0.171. The number of rotatable bonds is 3. The van der Waals surface area contributed by atoms with Crippen LogP contribution in [0.2, 0.25) is 0 Å². The Morgan fingerprint density at radius 1 is 1.08 bits per heavy atom. The van der Waals surface area contributed by atoms with Gasteiger partial charge in [-0.1, -0.05) is 0 Å². The normalized spacial score (nSPS) is 10.7. The Labute approximate surface area is 145 Å². The predicted molar refractivity (Wildman–Crippen MR) is 95.8 cm³/mol. The van der Waals surface area contributed by atoms with Crippen molar-refractivity contribution in [2.75, 3.05) is 12.4 Å². The zero-order valence-corrected chi connectivity index (χ0v) is 14.5. The van der Waals surface area contributed by atoms with Gasteiger partial charge in [0.05, 0.1) is 16.6 Å². The van der Waals surface area contributed by atoms with Gasteiger partial charge in [0.1, 0.15) is 0 Å². The second-order valence-corrected chi connectivity index (χ2v) is 5.83. The van der Waals surface area contributed by atoms with Crippen molar-refractivity contribution >= 4 is 28.5 Å². The number of nitrogens with one attached hydrogen (secondary N) is 2. The largest absolute Gasteiger partial charge is 0.355 e. The van der Waals surface area contributed by atoms with Crippen molar-refractivity contribution in [3.05, 3.63) is 52.8 Å². The Balaban J connectivity index is 1.94. The highest BCUT2D eigenvalue weighted by Gasteiger charge is 2.18. The van der Waals surface area contributed by atoms with Crippen molar-refractivity contribution in [1.29, 1.82) is 0 Å². The van der Waals surface area contributed by atoms with Crippen molar-refractivity contribution in [3.8, 4) is 0 Å². The number of fused-ring (bicyclic) bond motifs is 1. The van der Waals surface area contributed by atoms with Gasteiger partial charge in [-0.2, -0.15) is 5.10 Å². The fourth-order valence-corrected chi connectivity index (χ4v) is 2.80. The highest BCUT2D eigenvalue weighted by atomic mass is 16.2. The minimum Gasteiger partial charge on any atom is -0.355 e. The fraction of sp³-hybridized carbons (Fsp3) is 0.222. The van der Waals surface area contributed by atoms with Crippen LogP contribution in [0.1, 0.15) is 32.1 Å². The van der Waals surface area contributed by atoms with Gasteiger partial charge in [0, 0.05) is 31.0 Å². The van der Waals surface area contributed by atoms with Crippen molar-refractivity contribution in [3.63, 3.8) is 0 Å². The van der Waals surface area contributed by atoms with Crippen molar-refractivity contribution in [2.24, 2.45) is 7.05 Å². The van der Waals surface area contributed by atoms with E-state index in [9.17, 15) is 9.59 Å². The molecule has 0 aliphatic rings. The van der Waals surface area contributed by atoms with Crippen LogP contribution in [0, 0.1) is 13.8 Å². The molecule has 7 heteroatoms. The molecule has 2 aromatic heterocycles. The summed E-state index contributed by atoms with van der Waals surface area (Å²) in [4.78, 5) is 28.8. The van der Waals surface area contributed by atoms with Crippen molar-refractivity contribution in [2.45, 2.75) is 13.8 Å². The third kappa shape index (κ3) is 3.08. The summed E-state index contributed by atoms with van der Waals surface area (Å²) in [5, 5.41) is 10.5. The maximum Gasteiger partial charge on any atom is 0.256 e. The van der Waals surface area contributed by atoms with Gasteiger partial charge in [0.15, 0.2) is 5.65 Å². The van der Waals surface area contributed by atoms with Gasteiger partial charge >= 0.3 is 0 Å². The lowest BCUT2D eigenvalue weighted by atomic mass is 10.1. The summed E-state index contributed by atoms with van der Waals surface area (Å²) in [6.07, 6.45) is 0. The molecule has 0 unspecified atom stereocenters. The molecule has 0 saturated heterocycles. The summed E-state index contributed by atoms with van der Waals surface area (Å²) in [5.41, 5.74) is 3.86. The Hall–Kier alpha value is -3.22. The average Bonchev–Trinajstić information content (AvgIpc) is 2.88. The maximum atomic E-state index is 12.8. The van der Waals surface area contributed by atoms with Gasteiger partial charge in [-0.05, 0) is 44.2 Å². The Morgan fingerprint density at radius 2 is 1.76 bits per heavy atom. The first kappa shape index (κ1) is 16.6. The van der Waals surface area contributed by atoms with E-state index in [-0.39, 0.29) is 11.8 Å². The molecule has 0 saturated carbocycles. The third-order valence-electron chi connectivity index (χ3n) is 3.97. The molecule has 3 aromatic rings. The first-order valence-electron chi connectivity index (χ1n) is 7.85. The predicted octanol–water partition coefficient (Wildman–Crippen LogP) is 2.20. The number of carbonyl (C=O) groups is 2. The molecule has 0 atom stereocenters. The molecule has 2 amide bonds. The monoisotopic (exact) mass is 337 g/mol. The molecule has 0 aliphatic heterocycles. The van der Waals surface area contributed by atoms with Gasteiger partial charge in [0.25, 0.3) is 11.8 Å². The smallest absolute Gasteiger partial charge is 0.256 e. The van der Waals surface area contributed by atoms with Crippen LogP contribution in [-0.2, 0) is 7.05 Å². The van der Waals surface area contributed by atoms with Gasteiger partial charge < -0.3 is 10.6 Å². The topological polar surface area (TPSA) is 88.9 Å². The molecule has 0 radical (unpaired) electrons. The fourth-order valence-electron chi connectivity index (χ4n) is 2.80. The summed E-state index contributed by atoms with van der Waals surface area (Å²) in [5.74, 6) is -0.408. The number of nitrogens with zero attached hydrogens (tertiary/aromatic N) is 3. The molecule has 0 fully saturated rings. The SMILES string of the molecule is CNC(=O)c1ccc(NC(=O)c2cc(C)nc3c2c(C)nn3C)cc1. The van der Waals surface area contributed by atoms with E-state index in [4.69, 9.17) is 0 Å². The van der Waals surface area contributed by atoms with E-state index in [2.05, 4.69) is 20.7 Å². The quantitative estimate of drug-likeness (QED) is 0.767. The zero-order valence-electron chi connectivity index (χ0n) is 14.5. The molecule has 0 spiro atoms. The number of pyridine rings is 1. The number of aryl methyl sites for hydroxylation is 3. The van der Waals surface area contributed by atoms with Gasteiger partial charge in [-0.3, -0.25) is 14.3 Å². The van der Waals surface area contributed by atoms with E-state index in [1.165, 1.54) is 0 Å².